The number of carboxylic acids is 1. The molecule has 0 fully saturated rings. The second kappa shape index (κ2) is 12.1. The molecule has 0 aliphatic rings. The van der Waals surface area contributed by atoms with E-state index in [1.807, 2.05) is 12.2 Å². The minimum absolute atomic E-state index is 0.0647. The van der Waals surface area contributed by atoms with Gasteiger partial charge in [-0.05, 0) is 6.42 Å². The van der Waals surface area contributed by atoms with Crippen molar-refractivity contribution >= 4 is 11.9 Å². The minimum atomic E-state index is -0.845. The Kier molecular flexibility index (Phi) is 11.2. The quantitative estimate of drug-likeness (QED) is 0.335. The molecule has 2 N–H and O–H groups in total. The van der Waals surface area contributed by atoms with Gasteiger partial charge in [0.15, 0.2) is 0 Å². The van der Waals surface area contributed by atoms with E-state index in [9.17, 15) is 9.59 Å². The summed E-state index contributed by atoms with van der Waals surface area (Å²) in [5, 5.41) is 11.3. The third-order valence-electron chi connectivity index (χ3n) is 2.25. The Bertz CT molecular complexity index is 264. The molecule has 0 aliphatic heterocycles. The van der Waals surface area contributed by atoms with E-state index in [2.05, 4.69) is 12.2 Å². The van der Waals surface area contributed by atoms with Crippen molar-refractivity contribution in [2.75, 3.05) is 19.7 Å². The molecule has 0 bridgehead atoms. The van der Waals surface area contributed by atoms with Gasteiger partial charge in [-0.25, -0.2) is 0 Å². The first-order valence-corrected chi connectivity index (χ1v) is 6.40. The van der Waals surface area contributed by atoms with Crippen molar-refractivity contribution in [3.63, 3.8) is 0 Å². The van der Waals surface area contributed by atoms with Crippen molar-refractivity contribution in [1.29, 1.82) is 0 Å². The molecule has 5 nitrogen and oxygen atoms in total. The number of hydrogen-bond acceptors (Lipinski definition) is 4. The molecular formula is C13H23NO4. The number of nitrogens with one attached hydrogen (secondary N) is 1. The number of esters is 1. The number of allylic oxidation sites excluding steroid dienone is 1. The molecule has 0 atom stereocenters. The summed E-state index contributed by atoms with van der Waals surface area (Å²) in [7, 11) is 0. The smallest absolute Gasteiger partial charge is 0.307 e. The molecular weight excluding hydrogens is 234 g/mol. The van der Waals surface area contributed by atoms with Crippen LogP contribution in [0.2, 0.25) is 0 Å². The van der Waals surface area contributed by atoms with Gasteiger partial charge in [0.05, 0.1) is 12.8 Å². The summed E-state index contributed by atoms with van der Waals surface area (Å²) in [5.41, 5.74) is 0. The fourth-order valence-electron chi connectivity index (χ4n) is 1.23. The molecule has 0 aliphatic carbocycles. The van der Waals surface area contributed by atoms with E-state index in [1.54, 1.807) is 0 Å². The monoisotopic (exact) mass is 257 g/mol. The van der Waals surface area contributed by atoms with Crippen LogP contribution in [0.5, 0.6) is 0 Å². The fourth-order valence-corrected chi connectivity index (χ4v) is 1.23. The highest BCUT2D eigenvalue weighted by atomic mass is 16.5. The lowest BCUT2D eigenvalue weighted by Crippen LogP contribution is -2.22. The maximum absolute atomic E-state index is 11.2. The SMILES string of the molecule is CCCCC=CCOC(=O)CCNCCC(=O)O. The van der Waals surface area contributed by atoms with Gasteiger partial charge in [-0.2, -0.15) is 0 Å². The van der Waals surface area contributed by atoms with E-state index in [4.69, 9.17) is 9.84 Å². The Labute approximate surface area is 108 Å². The zero-order chi connectivity index (χ0) is 13.6. The molecule has 5 heteroatoms. The van der Waals surface area contributed by atoms with Gasteiger partial charge in [-0.3, -0.25) is 9.59 Å². The van der Waals surface area contributed by atoms with Crippen molar-refractivity contribution in [3.8, 4) is 0 Å². The zero-order valence-electron chi connectivity index (χ0n) is 11.0. The van der Waals surface area contributed by atoms with E-state index in [0.717, 1.165) is 19.3 Å². The Morgan fingerprint density at radius 3 is 2.61 bits per heavy atom. The van der Waals surface area contributed by atoms with Crippen LogP contribution in [0.3, 0.4) is 0 Å². The number of ether oxygens (including phenoxy) is 1. The largest absolute Gasteiger partial charge is 0.481 e. The van der Waals surface area contributed by atoms with Gasteiger partial charge < -0.3 is 15.2 Å². The second-order valence-electron chi connectivity index (χ2n) is 3.94. The summed E-state index contributed by atoms with van der Waals surface area (Å²) < 4.78 is 4.97. The van der Waals surface area contributed by atoms with Crippen LogP contribution < -0.4 is 5.32 Å². The first-order chi connectivity index (χ1) is 8.66. The van der Waals surface area contributed by atoms with Crippen molar-refractivity contribution in [3.05, 3.63) is 12.2 Å². The Hall–Kier alpha value is -1.36. The number of aliphatic carboxylic acids is 1. The lowest BCUT2D eigenvalue weighted by molar-refractivity contribution is -0.142. The van der Waals surface area contributed by atoms with Gasteiger partial charge >= 0.3 is 11.9 Å². The molecule has 0 aromatic carbocycles. The second-order valence-corrected chi connectivity index (χ2v) is 3.94. The molecule has 18 heavy (non-hydrogen) atoms. The maximum Gasteiger partial charge on any atom is 0.307 e. The molecule has 0 radical (unpaired) electrons. The Morgan fingerprint density at radius 1 is 1.22 bits per heavy atom. The average Bonchev–Trinajstić information content (AvgIpc) is 2.33. The van der Waals surface area contributed by atoms with E-state index in [1.165, 1.54) is 0 Å². The van der Waals surface area contributed by atoms with Crippen LogP contribution in [-0.2, 0) is 14.3 Å². The lowest BCUT2D eigenvalue weighted by Gasteiger charge is -2.03. The van der Waals surface area contributed by atoms with Crippen LogP contribution in [0.4, 0.5) is 0 Å². The van der Waals surface area contributed by atoms with Gasteiger partial charge in [0.2, 0.25) is 0 Å². The number of hydrogen-bond donors (Lipinski definition) is 2. The highest BCUT2D eigenvalue weighted by Crippen LogP contribution is 1.95. The molecule has 0 aromatic rings. The Morgan fingerprint density at radius 2 is 1.94 bits per heavy atom. The number of unbranched alkanes of at least 4 members (excludes halogenated alkanes) is 2. The van der Waals surface area contributed by atoms with E-state index in [0.29, 0.717) is 19.7 Å². The van der Waals surface area contributed by atoms with Crippen molar-refractivity contribution in [1.82, 2.24) is 5.32 Å². The summed E-state index contributed by atoms with van der Waals surface area (Å²) in [6.45, 7) is 3.27. The first-order valence-electron chi connectivity index (χ1n) is 6.40. The van der Waals surface area contributed by atoms with Crippen LogP contribution in [0.25, 0.3) is 0 Å². The number of carbonyl (C=O) groups excluding carboxylic acids is 1. The lowest BCUT2D eigenvalue weighted by atomic mass is 10.2. The molecule has 0 rings (SSSR count). The van der Waals surface area contributed by atoms with Gasteiger partial charge in [-0.1, -0.05) is 31.9 Å². The van der Waals surface area contributed by atoms with Crippen molar-refractivity contribution < 1.29 is 19.4 Å². The summed E-state index contributed by atoms with van der Waals surface area (Å²) in [5.74, 6) is -1.11. The van der Waals surface area contributed by atoms with Gasteiger partial charge in [-0.15, -0.1) is 0 Å². The zero-order valence-corrected chi connectivity index (χ0v) is 11.0. The number of carbonyl (C=O) groups is 2. The highest BCUT2D eigenvalue weighted by Gasteiger charge is 2.01. The fraction of sp³-hybridized carbons (Fsp3) is 0.692. The molecule has 0 aromatic heterocycles. The van der Waals surface area contributed by atoms with Crippen molar-refractivity contribution in [2.45, 2.75) is 39.0 Å². The van der Waals surface area contributed by atoms with Gasteiger partial charge in [0.1, 0.15) is 6.61 Å². The first kappa shape index (κ1) is 16.6. The van der Waals surface area contributed by atoms with Crippen molar-refractivity contribution in [2.24, 2.45) is 0 Å². The standard InChI is InChI=1S/C13H23NO4/c1-2-3-4-5-6-11-18-13(17)8-10-14-9-7-12(15)16/h5-6,14H,2-4,7-11H2,1H3,(H,15,16). The normalized spacial score (nSPS) is 10.7. The Balaban J connectivity index is 3.32. The van der Waals surface area contributed by atoms with E-state index >= 15 is 0 Å². The predicted octanol–water partition coefficient (Wildman–Crippen LogP) is 1.73. The molecule has 0 heterocycles. The van der Waals surface area contributed by atoms with Crippen LogP contribution in [0, 0.1) is 0 Å². The molecule has 0 saturated heterocycles. The molecule has 0 saturated carbocycles. The highest BCUT2D eigenvalue weighted by molar-refractivity contribution is 5.69. The maximum atomic E-state index is 11.2. The molecule has 0 amide bonds. The average molecular weight is 257 g/mol. The van der Waals surface area contributed by atoms with E-state index < -0.39 is 5.97 Å². The third kappa shape index (κ3) is 12.7. The van der Waals surface area contributed by atoms with Crippen LogP contribution >= 0.6 is 0 Å². The van der Waals surface area contributed by atoms with Gasteiger partial charge in [0.25, 0.3) is 0 Å². The molecule has 0 spiro atoms. The number of rotatable bonds is 11. The topological polar surface area (TPSA) is 75.6 Å². The summed E-state index contributed by atoms with van der Waals surface area (Å²) in [6, 6.07) is 0. The van der Waals surface area contributed by atoms with Crippen LogP contribution in [-0.4, -0.2) is 36.7 Å². The summed E-state index contributed by atoms with van der Waals surface area (Å²) in [6.07, 6.45) is 7.53. The van der Waals surface area contributed by atoms with Crippen LogP contribution in [0.15, 0.2) is 12.2 Å². The van der Waals surface area contributed by atoms with E-state index in [-0.39, 0.29) is 18.8 Å². The summed E-state index contributed by atoms with van der Waals surface area (Å²) in [4.78, 5) is 21.4. The third-order valence-corrected chi connectivity index (χ3v) is 2.25. The predicted molar refractivity (Wildman–Crippen MR) is 69.4 cm³/mol. The summed E-state index contributed by atoms with van der Waals surface area (Å²) >= 11 is 0. The van der Waals surface area contributed by atoms with Gasteiger partial charge in [0, 0.05) is 13.1 Å². The molecule has 0 unspecified atom stereocenters. The number of carboxylic acid groups (broad SMARTS) is 1. The van der Waals surface area contributed by atoms with Crippen LogP contribution in [0.1, 0.15) is 39.0 Å². The minimum Gasteiger partial charge on any atom is -0.481 e. The molecule has 104 valence electrons.